The molecule has 0 aliphatic carbocycles. The molecule has 2 heterocycles. The smallest absolute Gasteiger partial charge is 0.410 e. The number of esters is 1. The third-order valence-electron chi connectivity index (χ3n) is 4.66. The van der Waals surface area contributed by atoms with Crippen LogP contribution in [-0.2, 0) is 20.7 Å². The highest BCUT2D eigenvalue weighted by Gasteiger charge is 2.41. The maximum absolute atomic E-state index is 13.5. The zero-order chi connectivity index (χ0) is 20.6. The number of nitrogens with one attached hydrogen (secondary N) is 1. The fraction of sp³-hybridized carbons (Fsp3) is 0.500. The molecule has 0 spiro atoms. The first-order chi connectivity index (χ1) is 13.0. The number of fused-ring (bicyclic) bond motifs is 1. The number of rotatable bonds is 3. The van der Waals surface area contributed by atoms with Crippen molar-refractivity contribution in [3.8, 4) is 0 Å². The van der Waals surface area contributed by atoms with Gasteiger partial charge in [0.2, 0.25) is 0 Å². The van der Waals surface area contributed by atoms with Crippen LogP contribution in [-0.4, -0.2) is 46.2 Å². The molecule has 152 valence electrons. The number of ether oxygens (including phenoxy) is 2. The van der Waals surface area contributed by atoms with Gasteiger partial charge in [-0.2, -0.15) is 0 Å². The van der Waals surface area contributed by atoms with Crippen molar-refractivity contribution in [3.05, 3.63) is 34.7 Å². The number of H-pyrrole nitrogens is 1. The standard InChI is InChI=1S/C20H24ClFN2O4/c1-11(25)27-17-7-8-24(19(26)28-20(2,3)4)16(17)10-14-13-6-5-12(22)9-15(13)23-18(14)21/h5-6,9,16-17,23H,7-8,10H2,1-4H3/t16-,17+/m1/s1. The molecule has 8 heteroatoms. The molecule has 3 rings (SSSR count). The molecule has 1 fully saturated rings. The van der Waals surface area contributed by atoms with Gasteiger partial charge in [-0.15, -0.1) is 0 Å². The fourth-order valence-electron chi connectivity index (χ4n) is 3.57. The molecule has 0 unspecified atom stereocenters. The van der Waals surface area contributed by atoms with Crippen LogP contribution in [0.2, 0.25) is 5.15 Å². The summed E-state index contributed by atoms with van der Waals surface area (Å²) in [4.78, 5) is 28.8. The van der Waals surface area contributed by atoms with E-state index in [0.29, 0.717) is 30.1 Å². The Hall–Kier alpha value is -2.28. The van der Waals surface area contributed by atoms with E-state index in [0.717, 1.165) is 10.9 Å². The lowest BCUT2D eigenvalue weighted by molar-refractivity contribution is -0.147. The molecular formula is C20H24ClFN2O4. The second kappa shape index (κ2) is 7.62. The van der Waals surface area contributed by atoms with E-state index in [1.54, 1.807) is 31.7 Å². The Morgan fingerprint density at radius 3 is 2.71 bits per heavy atom. The maximum Gasteiger partial charge on any atom is 0.410 e. The number of carbonyl (C=O) groups excluding carboxylic acids is 2. The SMILES string of the molecule is CC(=O)O[C@H]1CCN(C(=O)OC(C)(C)C)[C@@H]1Cc1c(Cl)[nH]c2cc(F)ccc12. The zero-order valence-electron chi connectivity index (χ0n) is 16.3. The second-order valence-electron chi connectivity index (χ2n) is 7.99. The summed E-state index contributed by atoms with van der Waals surface area (Å²) in [5.41, 5.74) is 0.678. The highest BCUT2D eigenvalue weighted by Crippen LogP contribution is 2.33. The van der Waals surface area contributed by atoms with Gasteiger partial charge >= 0.3 is 12.1 Å². The molecule has 0 saturated carbocycles. The number of carbonyl (C=O) groups is 2. The van der Waals surface area contributed by atoms with Crippen LogP contribution in [0.1, 0.15) is 39.7 Å². The van der Waals surface area contributed by atoms with Crippen LogP contribution in [0.3, 0.4) is 0 Å². The highest BCUT2D eigenvalue weighted by atomic mass is 35.5. The monoisotopic (exact) mass is 410 g/mol. The lowest BCUT2D eigenvalue weighted by Gasteiger charge is -2.30. The minimum atomic E-state index is -0.642. The van der Waals surface area contributed by atoms with E-state index in [-0.39, 0.29) is 5.82 Å². The summed E-state index contributed by atoms with van der Waals surface area (Å²) in [7, 11) is 0. The van der Waals surface area contributed by atoms with Gasteiger partial charge in [0.25, 0.3) is 0 Å². The van der Waals surface area contributed by atoms with Gasteiger partial charge in [0.15, 0.2) is 0 Å². The van der Waals surface area contributed by atoms with Crippen molar-refractivity contribution in [3.63, 3.8) is 0 Å². The van der Waals surface area contributed by atoms with Crippen LogP contribution in [0, 0.1) is 5.82 Å². The van der Waals surface area contributed by atoms with Crippen molar-refractivity contribution in [2.75, 3.05) is 6.54 Å². The van der Waals surface area contributed by atoms with Crippen LogP contribution in [0.4, 0.5) is 9.18 Å². The Labute approximate surface area is 167 Å². The largest absolute Gasteiger partial charge is 0.460 e. The number of aromatic amines is 1. The van der Waals surface area contributed by atoms with E-state index in [1.165, 1.54) is 19.1 Å². The number of amides is 1. The van der Waals surface area contributed by atoms with Crippen LogP contribution in [0.25, 0.3) is 10.9 Å². The molecule has 2 aromatic rings. The summed E-state index contributed by atoms with van der Waals surface area (Å²) in [5.74, 6) is -0.779. The van der Waals surface area contributed by atoms with E-state index in [9.17, 15) is 14.0 Å². The van der Waals surface area contributed by atoms with Gasteiger partial charge in [-0.25, -0.2) is 9.18 Å². The van der Waals surface area contributed by atoms with E-state index in [2.05, 4.69) is 4.98 Å². The van der Waals surface area contributed by atoms with Gasteiger partial charge < -0.3 is 19.4 Å². The predicted octanol–water partition coefficient (Wildman–Crippen LogP) is 4.44. The topological polar surface area (TPSA) is 71.6 Å². The summed E-state index contributed by atoms with van der Waals surface area (Å²) in [6.07, 6.45) is -0.0691. The first-order valence-corrected chi connectivity index (χ1v) is 9.55. The molecule has 2 atom stereocenters. The minimum absolute atomic E-state index is 0.349. The maximum atomic E-state index is 13.5. The Kier molecular flexibility index (Phi) is 5.57. The highest BCUT2D eigenvalue weighted by molar-refractivity contribution is 6.31. The van der Waals surface area contributed by atoms with Gasteiger partial charge in [0.1, 0.15) is 22.7 Å². The van der Waals surface area contributed by atoms with Gasteiger partial charge in [0.05, 0.1) is 6.04 Å². The number of benzene rings is 1. The molecule has 1 saturated heterocycles. The first kappa shape index (κ1) is 20.5. The molecule has 0 radical (unpaired) electrons. The van der Waals surface area contributed by atoms with Gasteiger partial charge in [-0.3, -0.25) is 4.79 Å². The molecule has 1 aliphatic heterocycles. The summed E-state index contributed by atoms with van der Waals surface area (Å²) < 4.78 is 24.5. The van der Waals surface area contributed by atoms with Crippen molar-refractivity contribution < 1.29 is 23.5 Å². The third-order valence-corrected chi connectivity index (χ3v) is 4.98. The van der Waals surface area contributed by atoms with Crippen LogP contribution in [0.5, 0.6) is 0 Å². The number of aromatic nitrogens is 1. The van der Waals surface area contributed by atoms with Crippen LogP contribution >= 0.6 is 11.6 Å². The Morgan fingerprint density at radius 1 is 1.36 bits per heavy atom. The third kappa shape index (κ3) is 4.41. The molecule has 6 nitrogen and oxygen atoms in total. The molecule has 1 aromatic carbocycles. The van der Waals surface area contributed by atoms with Crippen LogP contribution in [0.15, 0.2) is 18.2 Å². The molecular weight excluding hydrogens is 387 g/mol. The lowest BCUT2D eigenvalue weighted by Crippen LogP contribution is -2.44. The summed E-state index contributed by atoms with van der Waals surface area (Å²) in [5, 5.41) is 1.14. The molecule has 28 heavy (non-hydrogen) atoms. The average Bonchev–Trinajstić information content (AvgIpc) is 3.07. The number of nitrogens with zero attached hydrogens (tertiary/aromatic N) is 1. The van der Waals surface area contributed by atoms with Crippen molar-refractivity contribution in [1.82, 2.24) is 9.88 Å². The Bertz CT molecular complexity index is 905. The van der Waals surface area contributed by atoms with Crippen molar-refractivity contribution >= 4 is 34.6 Å². The van der Waals surface area contributed by atoms with Crippen molar-refractivity contribution in [1.29, 1.82) is 0 Å². The normalized spacial score (nSPS) is 19.9. The second-order valence-corrected chi connectivity index (χ2v) is 8.37. The molecule has 1 aliphatic rings. The average molecular weight is 411 g/mol. The predicted molar refractivity (Wildman–Crippen MR) is 104 cm³/mol. The molecule has 1 amide bonds. The number of likely N-dealkylation sites (tertiary alicyclic amines) is 1. The summed E-state index contributed by atoms with van der Waals surface area (Å²) in [6, 6.07) is 3.95. The Morgan fingerprint density at radius 2 is 2.07 bits per heavy atom. The number of halogens is 2. The number of hydrogen-bond acceptors (Lipinski definition) is 4. The van der Waals surface area contributed by atoms with Crippen molar-refractivity contribution in [2.24, 2.45) is 0 Å². The lowest BCUT2D eigenvalue weighted by atomic mass is 10.0. The van der Waals surface area contributed by atoms with Crippen molar-refractivity contribution in [2.45, 2.75) is 58.3 Å². The van der Waals surface area contributed by atoms with Gasteiger partial charge in [0, 0.05) is 37.2 Å². The van der Waals surface area contributed by atoms with Gasteiger partial charge in [-0.05, 0) is 44.5 Å². The summed E-state index contributed by atoms with van der Waals surface area (Å²) in [6.45, 7) is 7.14. The first-order valence-electron chi connectivity index (χ1n) is 9.17. The Balaban J connectivity index is 1.93. The molecule has 1 aromatic heterocycles. The van der Waals surface area contributed by atoms with E-state index in [1.807, 2.05) is 0 Å². The molecule has 1 N–H and O–H groups in total. The zero-order valence-corrected chi connectivity index (χ0v) is 17.1. The number of hydrogen-bond donors (Lipinski definition) is 1. The van der Waals surface area contributed by atoms with Crippen LogP contribution < -0.4 is 0 Å². The summed E-state index contributed by atoms with van der Waals surface area (Å²) >= 11 is 6.37. The molecule has 0 bridgehead atoms. The van der Waals surface area contributed by atoms with E-state index >= 15 is 0 Å². The fourth-order valence-corrected chi connectivity index (χ4v) is 3.85. The van der Waals surface area contributed by atoms with E-state index < -0.39 is 29.8 Å². The quantitative estimate of drug-likeness (QED) is 0.759. The van der Waals surface area contributed by atoms with Gasteiger partial charge in [-0.1, -0.05) is 11.6 Å². The van der Waals surface area contributed by atoms with E-state index in [4.69, 9.17) is 21.1 Å². The minimum Gasteiger partial charge on any atom is -0.460 e.